The summed E-state index contributed by atoms with van der Waals surface area (Å²) in [4.78, 5) is 1.24. The smallest absolute Gasteiger partial charge is 0.119 e. The molecule has 2 heteroatoms. The highest BCUT2D eigenvalue weighted by molar-refractivity contribution is 7.13. The molecule has 0 unspecified atom stereocenters. The molecule has 0 aliphatic carbocycles. The molecule has 0 atom stereocenters. The Kier molecular flexibility index (Phi) is 3.07. The second-order valence-corrected chi connectivity index (χ2v) is 4.49. The Bertz CT molecular complexity index is 401. The Morgan fingerprint density at radius 1 is 1.13 bits per heavy atom. The monoisotopic (exact) mass is 217 g/mol. The highest BCUT2D eigenvalue weighted by Crippen LogP contribution is 2.26. The number of hydrogen-bond donors (Lipinski definition) is 0. The van der Waals surface area contributed by atoms with Crippen LogP contribution in [-0.4, -0.2) is 6.10 Å². The van der Waals surface area contributed by atoms with Gasteiger partial charge in [-0.25, -0.2) is 0 Å². The van der Waals surface area contributed by atoms with E-state index in [1.807, 2.05) is 32.0 Å². The Hall–Kier alpha value is -1.28. The van der Waals surface area contributed by atoms with E-state index in [4.69, 9.17) is 4.74 Å². The van der Waals surface area contributed by atoms with Crippen LogP contribution in [0.1, 0.15) is 13.8 Å². The molecule has 0 bridgehead atoms. The van der Waals surface area contributed by atoms with Crippen molar-refractivity contribution < 1.29 is 4.74 Å². The molecule has 0 fully saturated rings. The molecule has 77 valence electrons. The van der Waals surface area contributed by atoms with Gasteiger partial charge in [0.25, 0.3) is 0 Å². The van der Waals surface area contributed by atoms with E-state index in [1.54, 1.807) is 11.3 Å². The van der Waals surface area contributed by atoms with Gasteiger partial charge in [-0.1, -0.05) is 0 Å². The van der Waals surface area contributed by atoms with Crippen LogP contribution in [0.3, 0.4) is 0 Å². The number of ether oxygens (including phenoxy) is 1. The summed E-state index contributed by atoms with van der Waals surface area (Å²) in [5.41, 5.74) is 1.22. The Labute approximate surface area is 94.3 Å². The van der Waals surface area contributed by atoms with E-state index in [2.05, 4.69) is 23.6 Å². The second kappa shape index (κ2) is 4.49. The van der Waals surface area contributed by atoms with Gasteiger partial charge in [0.05, 0.1) is 6.10 Å². The molecule has 0 saturated carbocycles. The van der Waals surface area contributed by atoms with E-state index in [9.17, 15) is 0 Å². The molecule has 0 aliphatic heterocycles. The largest absolute Gasteiger partial charge is 0.491 e. The van der Waals surface area contributed by atoms with Crippen LogP contribution in [0.5, 0.6) is 5.75 Å². The van der Waals surface area contributed by atoms with Gasteiger partial charge in [-0.3, -0.25) is 0 Å². The molecule has 1 aromatic carbocycles. The normalized spacial score (nSPS) is 10.6. The Morgan fingerprint density at radius 2 is 1.87 bits per heavy atom. The van der Waals surface area contributed by atoms with Crippen molar-refractivity contribution in [3.05, 3.63) is 41.8 Å². The minimum absolute atomic E-state index is 0.228. The van der Waals surface area contributed by atoms with E-state index in [1.165, 1.54) is 10.4 Å². The van der Waals surface area contributed by atoms with Gasteiger partial charge in [0.2, 0.25) is 0 Å². The minimum atomic E-state index is 0.228. The van der Waals surface area contributed by atoms with Crippen LogP contribution in [0.25, 0.3) is 10.4 Å². The first-order valence-electron chi connectivity index (χ1n) is 4.98. The zero-order valence-electron chi connectivity index (χ0n) is 8.86. The molecule has 1 nitrogen and oxygen atoms in total. The summed E-state index contributed by atoms with van der Waals surface area (Å²) in [5.74, 6) is 0.925. The zero-order valence-corrected chi connectivity index (χ0v) is 9.67. The van der Waals surface area contributed by atoms with Crippen LogP contribution < -0.4 is 4.74 Å². The lowest BCUT2D eigenvalue weighted by atomic mass is 10.2. The van der Waals surface area contributed by atoms with Crippen molar-refractivity contribution in [1.29, 1.82) is 0 Å². The first-order chi connectivity index (χ1) is 7.25. The topological polar surface area (TPSA) is 9.23 Å². The van der Waals surface area contributed by atoms with Gasteiger partial charge in [0, 0.05) is 10.3 Å². The lowest BCUT2D eigenvalue weighted by molar-refractivity contribution is 0.242. The third-order valence-electron chi connectivity index (χ3n) is 1.98. The first kappa shape index (κ1) is 10.2. The van der Waals surface area contributed by atoms with Gasteiger partial charge in [0.15, 0.2) is 0 Å². The van der Waals surface area contributed by atoms with Crippen LogP contribution in [0.2, 0.25) is 0 Å². The van der Waals surface area contributed by atoms with Crippen LogP contribution in [0, 0.1) is 5.38 Å². The van der Waals surface area contributed by atoms with Gasteiger partial charge < -0.3 is 4.74 Å². The van der Waals surface area contributed by atoms with Crippen molar-refractivity contribution in [2.24, 2.45) is 0 Å². The van der Waals surface area contributed by atoms with Crippen molar-refractivity contribution in [3.63, 3.8) is 0 Å². The van der Waals surface area contributed by atoms with E-state index in [-0.39, 0.29) is 6.10 Å². The molecule has 0 aliphatic rings. The van der Waals surface area contributed by atoms with E-state index in [0.717, 1.165) is 5.75 Å². The van der Waals surface area contributed by atoms with Gasteiger partial charge in [-0.05, 0) is 55.8 Å². The molecule has 1 aromatic heterocycles. The van der Waals surface area contributed by atoms with Gasteiger partial charge in [0.1, 0.15) is 5.75 Å². The molecular formula is C13H13OS. The highest BCUT2D eigenvalue weighted by Gasteiger charge is 2.00. The summed E-state index contributed by atoms with van der Waals surface area (Å²) < 4.78 is 5.58. The van der Waals surface area contributed by atoms with Gasteiger partial charge >= 0.3 is 0 Å². The quantitative estimate of drug-likeness (QED) is 0.755. The van der Waals surface area contributed by atoms with Crippen molar-refractivity contribution in [2.45, 2.75) is 20.0 Å². The molecule has 2 rings (SSSR count). The van der Waals surface area contributed by atoms with Crippen LogP contribution >= 0.6 is 11.3 Å². The maximum Gasteiger partial charge on any atom is 0.119 e. The molecule has 2 aromatic rings. The Morgan fingerprint density at radius 3 is 2.40 bits per heavy atom. The number of hydrogen-bond acceptors (Lipinski definition) is 2. The molecule has 15 heavy (non-hydrogen) atoms. The molecule has 0 saturated heterocycles. The lowest BCUT2D eigenvalue weighted by Crippen LogP contribution is -2.04. The fourth-order valence-corrected chi connectivity index (χ4v) is 2.02. The molecule has 1 radical (unpaired) electrons. The number of rotatable bonds is 3. The molecular weight excluding hydrogens is 204 g/mol. The molecule has 0 N–H and O–H groups in total. The predicted molar refractivity (Wildman–Crippen MR) is 64.4 cm³/mol. The number of thiophene rings is 1. The fraction of sp³-hybridized carbons (Fsp3) is 0.231. The van der Waals surface area contributed by atoms with Crippen LogP contribution in [0.4, 0.5) is 0 Å². The Balaban J connectivity index is 2.17. The number of benzene rings is 1. The summed E-state index contributed by atoms with van der Waals surface area (Å²) in [6.07, 6.45) is 0.228. The SMILES string of the molecule is CC(C)Oc1ccc(-c2cc[c]s2)cc1. The van der Waals surface area contributed by atoms with Crippen molar-refractivity contribution in [2.75, 3.05) is 0 Å². The minimum Gasteiger partial charge on any atom is -0.491 e. The third kappa shape index (κ3) is 2.60. The van der Waals surface area contributed by atoms with Crippen LogP contribution in [-0.2, 0) is 0 Å². The van der Waals surface area contributed by atoms with E-state index >= 15 is 0 Å². The average Bonchev–Trinajstić information content (AvgIpc) is 2.71. The molecule has 1 heterocycles. The zero-order chi connectivity index (χ0) is 10.7. The van der Waals surface area contributed by atoms with Gasteiger partial charge in [-0.2, -0.15) is 0 Å². The standard InChI is InChI=1S/C13H13OS/c1-10(2)14-12-7-5-11(6-8-12)13-4-3-9-15-13/h3-8,10H,1-2H3. The summed E-state index contributed by atoms with van der Waals surface area (Å²) in [7, 11) is 0. The van der Waals surface area contributed by atoms with Gasteiger partial charge in [-0.15, -0.1) is 11.3 Å². The summed E-state index contributed by atoms with van der Waals surface area (Å²) in [6, 6.07) is 12.2. The third-order valence-corrected chi connectivity index (χ3v) is 2.83. The molecule has 0 spiro atoms. The van der Waals surface area contributed by atoms with Crippen LogP contribution in [0.15, 0.2) is 36.4 Å². The maximum absolute atomic E-state index is 5.58. The van der Waals surface area contributed by atoms with E-state index < -0.39 is 0 Å². The molecule has 0 amide bonds. The predicted octanol–water partition coefficient (Wildman–Crippen LogP) is 4.00. The fourth-order valence-electron chi connectivity index (χ4n) is 1.37. The summed E-state index contributed by atoms with van der Waals surface area (Å²) in [5, 5.41) is 3.09. The summed E-state index contributed by atoms with van der Waals surface area (Å²) in [6.45, 7) is 4.06. The van der Waals surface area contributed by atoms with Crippen molar-refractivity contribution in [3.8, 4) is 16.2 Å². The highest BCUT2D eigenvalue weighted by atomic mass is 32.1. The lowest BCUT2D eigenvalue weighted by Gasteiger charge is -2.09. The first-order valence-corrected chi connectivity index (χ1v) is 5.80. The summed E-state index contributed by atoms with van der Waals surface area (Å²) >= 11 is 1.63. The average molecular weight is 217 g/mol. The van der Waals surface area contributed by atoms with Crippen molar-refractivity contribution >= 4 is 11.3 Å². The second-order valence-electron chi connectivity index (χ2n) is 3.61. The van der Waals surface area contributed by atoms with E-state index in [0.29, 0.717) is 0 Å². The maximum atomic E-state index is 5.58. The van der Waals surface area contributed by atoms with Crippen molar-refractivity contribution in [1.82, 2.24) is 0 Å².